The fourth-order valence-electron chi connectivity index (χ4n) is 2.62. The van der Waals surface area contributed by atoms with Gasteiger partial charge in [-0.05, 0) is 48.5 Å². The van der Waals surface area contributed by atoms with Crippen LogP contribution in [0, 0.1) is 0 Å². The van der Waals surface area contributed by atoms with E-state index in [4.69, 9.17) is 9.72 Å². The molecule has 0 saturated carbocycles. The third-order valence-corrected chi connectivity index (χ3v) is 3.80. The van der Waals surface area contributed by atoms with Crippen molar-refractivity contribution in [3.8, 4) is 17.0 Å². The number of methoxy groups -OCH3 is 1. The maximum atomic E-state index is 5.24. The molecule has 0 aliphatic heterocycles. The summed E-state index contributed by atoms with van der Waals surface area (Å²) < 4.78 is 7.26. The van der Waals surface area contributed by atoms with Crippen molar-refractivity contribution in [1.82, 2.24) is 14.4 Å². The lowest BCUT2D eigenvalue weighted by atomic mass is 10.1. The van der Waals surface area contributed by atoms with Gasteiger partial charge in [0.25, 0.3) is 0 Å². The molecular formula is C19H16N4O. The van der Waals surface area contributed by atoms with Gasteiger partial charge in [0.2, 0.25) is 0 Å². The normalized spacial score (nSPS) is 10.7. The van der Waals surface area contributed by atoms with Crippen LogP contribution in [0.15, 0.2) is 73.1 Å². The summed E-state index contributed by atoms with van der Waals surface area (Å²) in [5.74, 6) is 2.48. The van der Waals surface area contributed by atoms with Crippen molar-refractivity contribution >= 4 is 17.3 Å². The van der Waals surface area contributed by atoms with Gasteiger partial charge in [-0.25, -0.2) is 9.97 Å². The minimum absolute atomic E-state index is 0.776. The molecule has 5 nitrogen and oxygen atoms in total. The van der Waals surface area contributed by atoms with Crippen LogP contribution in [0.4, 0.5) is 11.6 Å². The number of fused-ring (bicyclic) bond motifs is 1. The van der Waals surface area contributed by atoms with E-state index in [1.165, 1.54) is 0 Å². The van der Waals surface area contributed by atoms with E-state index in [2.05, 4.69) is 10.3 Å². The molecule has 0 unspecified atom stereocenters. The summed E-state index contributed by atoms with van der Waals surface area (Å²) in [5.41, 5.74) is 2.76. The molecule has 0 saturated heterocycles. The van der Waals surface area contributed by atoms with E-state index in [0.717, 1.165) is 34.3 Å². The van der Waals surface area contributed by atoms with Crippen molar-refractivity contribution in [1.29, 1.82) is 0 Å². The van der Waals surface area contributed by atoms with Gasteiger partial charge in [-0.2, -0.15) is 0 Å². The first-order valence-electron chi connectivity index (χ1n) is 7.65. The molecule has 0 atom stereocenters. The molecule has 3 heterocycles. The van der Waals surface area contributed by atoms with Crippen molar-refractivity contribution in [3.63, 3.8) is 0 Å². The fraction of sp³-hybridized carbons (Fsp3) is 0.0526. The Morgan fingerprint density at radius 1 is 0.958 bits per heavy atom. The molecule has 4 aromatic rings. The van der Waals surface area contributed by atoms with Gasteiger partial charge in [-0.1, -0.05) is 12.1 Å². The molecule has 24 heavy (non-hydrogen) atoms. The number of ether oxygens (including phenoxy) is 1. The Kier molecular flexibility index (Phi) is 3.59. The Balaban J connectivity index is 1.85. The van der Waals surface area contributed by atoms with Gasteiger partial charge in [-0.3, -0.25) is 4.40 Å². The first kappa shape index (κ1) is 14.3. The van der Waals surface area contributed by atoms with Gasteiger partial charge in [0, 0.05) is 18.0 Å². The number of hydrogen-bond donors (Lipinski definition) is 1. The Morgan fingerprint density at radius 3 is 2.54 bits per heavy atom. The molecule has 0 amide bonds. The molecule has 0 fully saturated rings. The molecule has 0 aliphatic rings. The van der Waals surface area contributed by atoms with Crippen LogP contribution in [0.1, 0.15) is 0 Å². The van der Waals surface area contributed by atoms with E-state index in [-0.39, 0.29) is 0 Å². The first-order chi connectivity index (χ1) is 11.8. The summed E-state index contributed by atoms with van der Waals surface area (Å²) in [6, 6.07) is 19.6. The summed E-state index contributed by atoms with van der Waals surface area (Å²) in [7, 11) is 1.66. The van der Waals surface area contributed by atoms with Crippen molar-refractivity contribution in [2.24, 2.45) is 0 Å². The number of imidazole rings is 1. The van der Waals surface area contributed by atoms with Crippen LogP contribution in [0.2, 0.25) is 0 Å². The number of nitrogens with one attached hydrogen (secondary N) is 1. The maximum Gasteiger partial charge on any atom is 0.144 e. The Morgan fingerprint density at radius 2 is 1.79 bits per heavy atom. The molecule has 1 N–H and O–H groups in total. The second-order valence-corrected chi connectivity index (χ2v) is 5.31. The van der Waals surface area contributed by atoms with Crippen LogP contribution in [0.3, 0.4) is 0 Å². The van der Waals surface area contributed by atoms with E-state index in [9.17, 15) is 0 Å². The van der Waals surface area contributed by atoms with Gasteiger partial charge in [0.05, 0.1) is 7.11 Å². The number of rotatable bonds is 4. The average molecular weight is 316 g/mol. The second kappa shape index (κ2) is 6.04. The van der Waals surface area contributed by atoms with Crippen LogP contribution in [-0.2, 0) is 0 Å². The fourth-order valence-corrected chi connectivity index (χ4v) is 2.62. The summed E-state index contributed by atoms with van der Waals surface area (Å²) in [5, 5.41) is 3.38. The second-order valence-electron chi connectivity index (χ2n) is 5.31. The number of nitrogens with zero attached hydrogens (tertiary/aromatic N) is 3. The van der Waals surface area contributed by atoms with Crippen LogP contribution >= 0.6 is 0 Å². The number of hydrogen-bond acceptors (Lipinski definition) is 4. The van der Waals surface area contributed by atoms with E-state index in [1.807, 2.05) is 71.3 Å². The lowest BCUT2D eigenvalue weighted by Crippen LogP contribution is -1.98. The highest BCUT2D eigenvalue weighted by molar-refractivity contribution is 5.79. The van der Waals surface area contributed by atoms with Gasteiger partial charge in [0.1, 0.15) is 28.7 Å². The maximum absolute atomic E-state index is 5.24. The van der Waals surface area contributed by atoms with Crippen molar-refractivity contribution in [2.75, 3.05) is 12.4 Å². The molecule has 0 radical (unpaired) electrons. The smallest absolute Gasteiger partial charge is 0.144 e. The zero-order valence-corrected chi connectivity index (χ0v) is 13.2. The number of benzene rings is 1. The number of anilines is 2. The van der Waals surface area contributed by atoms with Crippen LogP contribution in [0.25, 0.3) is 16.9 Å². The zero-order chi connectivity index (χ0) is 16.4. The molecule has 0 spiro atoms. The molecule has 118 valence electrons. The van der Waals surface area contributed by atoms with E-state index in [1.54, 1.807) is 13.3 Å². The molecule has 3 aromatic heterocycles. The number of aromatic nitrogens is 3. The number of pyridine rings is 2. The topological polar surface area (TPSA) is 51.5 Å². The van der Waals surface area contributed by atoms with Gasteiger partial charge in [0.15, 0.2) is 0 Å². The lowest BCUT2D eigenvalue weighted by molar-refractivity contribution is 0.415. The Labute approximate surface area is 139 Å². The molecule has 1 aromatic carbocycles. The molecule has 5 heteroatoms. The molecule has 4 rings (SSSR count). The van der Waals surface area contributed by atoms with Crippen LogP contribution < -0.4 is 10.1 Å². The monoisotopic (exact) mass is 316 g/mol. The third-order valence-electron chi connectivity index (χ3n) is 3.80. The lowest BCUT2D eigenvalue weighted by Gasteiger charge is -2.08. The van der Waals surface area contributed by atoms with Crippen molar-refractivity contribution in [2.45, 2.75) is 0 Å². The third kappa shape index (κ3) is 2.56. The predicted molar refractivity (Wildman–Crippen MR) is 94.7 cm³/mol. The first-order valence-corrected chi connectivity index (χ1v) is 7.65. The summed E-state index contributed by atoms with van der Waals surface area (Å²) in [4.78, 5) is 9.12. The van der Waals surface area contributed by atoms with Gasteiger partial charge < -0.3 is 10.1 Å². The van der Waals surface area contributed by atoms with Gasteiger partial charge >= 0.3 is 0 Å². The average Bonchev–Trinajstić information content (AvgIpc) is 3.01. The van der Waals surface area contributed by atoms with Crippen molar-refractivity contribution < 1.29 is 4.74 Å². The molecular weight excluding hydrogens is 300 g/mol. The predicted octanol–water partition coefficient (Wildman–Crippen LogP) is 4.15. The van der Waals surface area contributed by atoms with Crippen LogP contribution in [0.5, 0.6) is 5.75 Å². The highest BCUT2D eigenvalue weighted by atomic mass is 16.5. The molecule has 0 aliphatic carbocycles. The van der Waals surface area contributed by atoms with E-state index < -0.39 is 0 Å². The highest BCUT2D eigenvalue weighted by Gasteiger charge is 2.14. The van der Waals surface area contributed by atoms with Crippen LogP contribution in [-0.4, -0.2) is 21.5 Å². The van der Waals surface area contributed by atoms with Gasteiger partial charge in [-0.15, -0.1) is 0 Å². The SMILES string of the molecule is COc1ccc(-c2nc3ccccn3c2Nc2ccccn2)cc1. The minimum atomic E-state index is 0.776. The van der Waals surface area contributed by atoms with E-state index >= 15 is 0 Å². The largest absolute Gasteiger partial charge is 0.497 e. The van der Waals surface area contributed by atoms with Crippen molar-refractivity contribution in [3.05, 3.63) is 73.1 Å². The Hall–Kier alpha value is -3.34. The standard InChI is InChI=1S/C19H16N4O/c1-24-15-10-8-14(9-11-15)18-19(21-16-6-2-4-12-20-16)23-13-5-3-7-17(23)22-18/h2-13H,1H3,(H,20,21). The zero-order valence-electron chi connectivity index (χ0n) is 13.2. The Bertz CT molecular complexity index is 962. The molecule has 0 bridgehead atoms. The van der Waals surface area contributed by atoms with E-state index in [0.29, 0.717) is 0 Å². The highest BCUT2D eigenvalue weighted by Crippen LogP contribution is 2.31. The summed E-state index contributed by atoms with van der Waals surface area (Å²) in [6.45, 7) is 0. The summed E-state index contributed by atoms with van der Waals surface area (Å²) >= 11 is 0. The quantitative estimate of drug-likeness (QED) is 0.614. The minimum Gasteiger partial charge on any atom is -0.497 e. The summed E-state index contributed by atoms with van der Waals surface area (Å²) in [6.07, 6.45) is 3.75.